The molecule has 2 aliphatic rings. The highest BCUT2D eigenvalue weighted by Crippen LogP contribution is 2.42. The number of rotatable bonds is 6. The molecule has 2 aromatic rings. The number of carbonyl (C=O) groups excluding carboxylic acids is 1. The summed E-state index contributed by atoms with van der Waals surface area (Å²) in [6.45, 7) is 6.07. The molecule has 168 valence electrons. The number of nitrogens with zero attached hydrogens (tertiary/aromatic N) is 3. The zero-order valence-corrected chi connectivity index (χ0v) is 19.5. The number of halogens is 1. The van der Waals surface area contributed by atoms with Crippen LogP contribution in [0.3, 0.4) is 0 Å². The molecule has 3 heterocycles. The first kappa shape index (κ1) is 22.0. The molecule has 0 saturated carbocycles. The van der Waals surface area contributed by atoms with Crippen LogP contribution in [-0.2, 0) is 12.1 Å². The van der Waals surface area contributed by atoms with Crippen LogP contribution in [0.2, 0.25) is 5.15 Å². The van der Waals surface area contributed by atoms with Crippen LogP contribution in [0.4, 0.5) is 0 Å². The molecule has 0 bridgehead atoms. The molecule has 1 fully saturated rings. The van der Waals surface area contributed by atoms with E-state index in [-0.39, 0.29) is 11.4 Å². The van der Waals surface area contributed by atoms with Gasteiger partial charge >= 0.3 is 0 Å². The van der Waals surface area contributed by atoms with Gasteiger partial charge in [0.05, 0.1) is 19.3 Å². The number of likely N-dealkylation sites (tertiary alicyclic amines) is 1. The predicted octanol–water partition coefficient (Wildman–Crippen LogP) is 4.41. The molecular weight excluding hydrogens is 414 g/mol. The van der Waals surface area contributed by atoms with Gasteiger partial charge in [0, 0.05) is 37.4 Å². The van der Waals surface area contributed by atoms with Gasteiger partial charge in [0.25, 0.3) is 5.91 Å². The van der Waals surface area contributed by atoms with Gasteiger partial charge in [-0.15, -0.1) is 0 Å². The fraction of sp³-hybridized carbons (Fsp3) is 0.542. The van der Waals surface area contributed by atoms with Gasteiger partial charge in [-0.05, 0) is 56.6 Å². The number of piperidine rings is 1. The first-order chi connectivity index (χ1) is 15.0. The van der Waals surface area contributed by atoms with E-state index in [0.717, 1.165) is 43.9 Å². The van der Waals surface area contributed by atoms with Gasteiger partial charge in [-0.1, -0.05) is 24.9 Å². The summed E-state index contributed by atoms with van der Waals surface area (Å²) in [6, 6.07) is 9.63. The standard InChI is InChI=1S/C24H32ClN3O3/c1-4-5-16-31-19-7-6-18(17-20(19)30-3)23(29)27-12-10-24(11-13-27)21-8-9-22(25)28(21)15-14-26(24)2/h6-9,17H,4-5,10-16H2,1-3H3. The second-order valence-corrected chi connectivity index (χ2v) is 8.89. The fourth-order valence-electron chi connectivity index (χ4n) is 4.88. The Kier molecular flexibility index (Phi) is 6.49. The molecule has 6 nitrogen and oxygen atoms in total. The van der Waals surface area contributed by atoms with E-state index in [1.54, 1.807) is 13.2 Å². The first-order valence-corrected chi connectivity index (χ1v) is 11.5. The van der Waals surface area contributed by atoms with Crippen LogP contribution in [0, 0.1) is 0 Å². The maximum absolute atomic E-state index is 13.2. The van der Waals surface area contributed by atoms with Crippen molar-refractivity contribution >= 4 is 17.5 Å². The second kappa shape index (κ2) is 9.13. The molecular formula is C24H32ClN3O3. The van der Waals surface area contributed by atoms with Crippen LogP contribution in [0.25, 0.3) is 0 Å². The van der Waals surface area contributed by atoms with Crippen molar-refractivity contribution in [2.75, 3.05) is 40.4 Å². The Bertz CT molecular complexity index is 934. The molecule has 1 spiro atoms. The molecule has 0 radical (unpaired) electrons. The van der Waals surface area contributed by atoms with Gasteiger partial charge < -0.3 is 18.9 Å². The third-order valence-corrected chi connectivity index (χ3v) is 7.17. The van der Waals surface area contributed by atoms with Crippen LogP contribution in [0.5, 0.6) is 11.5 Å². The molecule has 0 N–H and O–H groups in total. The monoisotopic (exact) mass is 445 g/mol. The summed E-state index contributed by atoms with van der Waals surface area (Å²) in [6.07, 6.45) is 3.85. The largest absolute Gasteiger partial charge is 0.493 e. The minimum atomic E-state index is -0.0587. The number of hydrogen-bond donors (Lipinski definition) is 0. The quantitative estimate of drug-likeness (QED) is 0.618. The number of aromatic nitrogens is 1. The lowest BCUT2D eigenvalue weighted by molar-refractivity contribution is 0.0131. The number of amides is 1. The van der Waals surface area contributed by atoms with E-state index in [1.165, 1.54) is 5.69 Å². The highest BCUT2D eigenvalue weighted by atomic mass is 35.5. The summed E-state index contributed by atoms with van der Waals surface area (Å²) in [5.41, 5.74) is 1.85. The Morgan fingerprint density at radius 3 is 2.58 bits per heavy atom. The van der Waals surface area contributed by atoms with Crippen LogP contribution in [0.15, 0.2) is 30.3 Å². The third kappa shape index (κ3) is 4.03. The van der Waals surface area contributed by atoms with Crippen LogP contribution < -0.4 is 9.47 Å². The van der Waals surface area contributed by atoms with Crippen LogP contribution in [-0.4, -0.2) is 60.7 Å². The summed E-state index contributed by atoms with van der Waals surface area (Å²) >= 11 is 6.41. The van der Waals surface area contributed by atoms with Crippen molar-refractivity contribution in [3.8, 4) is 11.5 Å². The molecule has 1 aromatic carbocycles. The van der Waals surface area contributed by atoms with E-state index >= 15 is 0 Å². The van der Waals surface area contributed by atoms with Crippen LogP contribution in [0.1, 0.15) is 48.7 Å². The van der Waals surface area contributed by atoms with Gasteiger partial charge in [-0.25, -0.2) is 0 Å². The molecule has 1 amide bonds. The molecule has 7 heteroatoms. The Morgan fingerprint density at radius 1 is 1.10 bits per heavy atom. The van der Waals surface area contributed by atoms with Crippen molar-refractivity contribution in [2.45, 2.75) is 44.7 Å². The van der Waals surface area contributed by atoms with E-state index in [4.69, 9.17) is 21.1 Å². The van der Waals surface area contributed by atoms with Gasteiger partial charge in [-0.2, -0.15) is 0 Å². The number of ether oxygens (including phenoxy) is 2. The first-order valence-electron chi connectivity index (χ1n) is 11.2. The van der Waals surface area contributed by atoms with Crippen molar-refractivity contribution in [1.82, 2.24) is 14.4 Å². The van der Waals surface area contributed by atoms with E-state index in [2.05, 4.69) is 29.5 Å². The third-order valence-electron chi connectivity index (χ3n) is 6.84. The SMILES string of the molecule is CCCCOc1ccc(C(=O)N2CCC3(CC2)c2ccc(Cl)n2CCN3C)cc1OC. The number of unbranched alkanes of at least 4 members (excludes halogenated alkanes) is 1. The second-order valence-electron chi connectivity index (χ2n) is 8.51. The average Bonchev–Trinajstić information content (AvgIpc) is 3.18. The Morgan fingerprint density at radius 2 is 1.87 bits per heavy atom. The maximum atomic E-state index is 13.2. The maximum Gasteiger partial charge on any atom is 0.253 e. The number of fused-ring (bicyclic) bond motifs is 2. The minimum absolute atomic E-state index is 0.0418. The van der Waals surface area contributed by atoms with Crippen molar-refractivity contribution in [2.24, 2.45) is 0 Å². The fourth-order valence-corrected chi connectivity index (χ4v) is 5.12. The highest BCUT2D eigenvalue weighted by Gasteiger charge is 2.44. The Labute approximate surface area is 189 Å². The molecule has 1 saturated heterocycles. The predicted molar refractivity (Wildman–Crippen MR) is 122 cm³/mol. The van der Waals surface area contributed by atoms with Crippen LogP contribution >= 0.6 is 11.6 Å². The molecule has 1 aromatic heterocycles. The topological polar surface area (TPSA) is 46.9 Å². The van der Waals surface area contributed by atoms with Gasteiger partial charge in [0.2, 0.25) is 0 Å². The summed E-state index contributed by atoms with van der Waals surface area (Å²) in [5, 5.41) is 0.800. The zero-order chi connectivity index (χ0) is 22.0. The zero-order valence-electron chi connectivity index (χ0n) is 18.7. The van der Waals surface area contributed by atoms with Crippen molar-refractivity contribution in [1.29, 1.82) is 0 Å². The average molecular weight is 446 g/mol. The lowest BCUT2D eigenvalue weighted by Crippen LogP contribution is -2.56. The van der Waals surface area contributed by atoms with E-state index < -0.39 is 0 Å². The Balaban J connectivity index is 1.47. The van der Waals surface area contributed by atoms with Gasteiger partial charge in [-0.3, -0.25) is 9.69 Å². The number of likely N-dealkylation sites (N-methyl/N-ethyl adjacent to an activating group) is 1. The lowest BCUT2D eigenvalue weighted by Gasteiger charge is -2.50. The van der Waals surface area contributed by atoms with Crippen molar-refractivity contribution < 1.29 is 14.3 Å². The summed E-state index contributed by atoms with van der Waals surface area (Å²) in [5.74, 6) is 1.33. The minimum Gasteiger partial charge on any atom is -0.493 e. The molecule has 0 aliphatic carbocycles. The summed E-state index contributed by atoms with van der Waals surface area (Å²) < 4.78 is 13.5. The van der Waals surface area contributed by atoms with E-state index in [1.807, 2.05) is 23.1 Å². The Hall–Kier alpha value is -2.18. The van der Waals surface area contributed by atoms with E-state index in [9.17, 15) is 4.79 Å². The van der Waals surface area contributed by atoms with Crippen molar-refractivity contribution in [3.05, 3.63) is 46.7 Å². The molecule has 0 unspecified atom stereocenters. The molecule has 31 heavy (non-hydrogen) atoms. The number of benzene rings is 1. The number of carbonyl (C=O) groups is 1. The van der Waals surface area contributed by atoms with E-state index in [0.29, 0.717) is 36.8 Å². The lowest BCUT2D eigenvalue weighted by atomic mass is 9.81. The number of hydrogen-bond acceptors (Lipinski definition) is 4. The highest BCUT2D eigenvalue weighted by molar-refractivity contribution is 6.29. The smallest absolute Gasteiger partial charge is 0.253 e. The summed E-state index contributed by atoms with van der Waals surface area (Å²) in [4.78, 5) is 17.6. The summed E-state index contributed by atoms with van der Waals surface area (Å²) in [7, 11) is 3.80. The molecule has 4 rings (SSSR count). The molecule has 2 aliphatic heterocycles. The van der Waals surface area contributed by atoms with Crippen molar-refractivity contribution in [3.63, 3.8) is 0 Å². The molecule has 0 atom stereocenters. The van der Waals surface area contributed by atoms with Gasteiger partial charge in [0.1, 0.15) is 5.15 Å². The number of methoxy groups -OCH3 is 1. The van der Waals surface area contributed by atoms with Gasteiger partial charge in [0.15, 0.2) is 11.5 Å². The normalized spacial score (nSPS) is 18.1.